The monoisotopic (exact) mass is 427 g/mol. The van der Waals surface area contributed by atoms with Crippen molar-refractivity contribution in [1.82, 2.24) is 9.91 Å². The van der Waals surface area contributed by atoms with Gasteiger partial charge in [-0.25, -0.2) is 9.40 Å². The highest BCUT2D eigenvalue weighted by Gasteiger charge is 2.34. The van der Waals surface area contributed by atoms with E-state index in [9.17, 15) is 9.18 Å². The molecule has 0 bridgehead atoms. The van der Waals surface area contributed by atoms with Crippen molar-refractivity contribution >= 4 is 23.0 Å². The van der Waals surface area contributed by atoms with Crippen LogP contribution in [0, 0.1) is 5.82 Å². The molecule has 0 saturated carbocycles. The molecule has 1 amide bonds. The Labute approximate surface area is 178 Å². The molecule has 3 aromatic rings. The second-order valence-corrected chi connectivity index (χ2v) is 7.99. The molecular weight excluding hydrogens is 405 g/mol. The second kappa shape index (κ2) is 9.23. The number of likely N-dealkylation sites (N-methyl/N-ethyl adjacent to an activating group) is 1. The maximum atomic E-state index is 13.6. The molecule has 156 valence electrons. The number of halogens is 1. The standard InChI is InChI=1S/C22H22FN3O3S/c1-25(10-12-29-19-7-3-2-6-16(19)23)15-22(27)26-18(21-9-5-13-30-21)14-17(24-26)20-8-4-11-28-20/h2-9,11,13,18H,10,12,14-15H2,1H3. The molecule has 1 aliphatic heterocycles. The van der Waals surface area contributed by atoms with E-state index in [4.69, 9.17) is 9.15 Å². The fourth-order valence-corrected chi connectivity index (χ4v) is 4.10. The van der Waals surface area contributed by atoms with Crippen LogP contribution in [0.2, 0.25) is 0 Å². The summed E-state index contributed by atoms with van der Waals surface area (Å²) in [6, 6.07) is 13.8. The molecule has 1 aromatic carbocycles. The van der Waals surface area contributed by atoms with Gasteiger partial charge in [0.25, 0.3) is 5.91 Å². The van der Waals surface area contributed by atoms with Gasteiger partial charge >= 0.3 is 0 Å². The minimum atomic E-state index is -0.396. The highest BCUT2D eigenvalue weighted by atomic mass is 32.1. The maximum Gasteiger partial charge on any atom is 0.257 e. The van der Waals surface area contributed by atoms with E-state index in [-0.39, 0.29) is 30.9 Å². The number of benzene rings is 1. The van der Waals surface area contributed by atoms with E-state index in [2.05, 4.69) is 5.10 Å². The Morgan fingerprint density at radius 3 is 2.90 bits per heavy atom. The van der Waals surface area contributed by atoms with Gasteiger partial charge in [0.15, 0.2) is 11.6 Å². The van der Waals surface area contributed by atoms with Crippen LogP contribution in [0.5, 0.6) is 5.75 Å². The molecule has 2 aromatic heterocycles. The summed E-state index contributed by atoms with van der Waals surface area (Å²) in [6.07, 6.45) is 2.21. The largest absolute Gasteiger partial charge is 0.489 e. The number of hydrogen-bond donors (Lipinski definition) is 0. The van der Waals surface area contributed by atoms with Crippen molar-refractivity contribution in [3.63, 3.8) is 0 Å². The zero-order valence-electron chi connectivity index (χ0n) is 16.5. The molecule has 8 heteroatoms. The number of hydrogen-bond acceptors (Lipinski definition) is 6. The summed E-state index contributed by atoms with van der Waals surface area (Å²) in [5, 5.41) is 8.11. The minimum absolute atomic E-state index is 0.108. The lowest BCUT2D eigenvalue weighted by Crippen LogP contribution is -2.37. The normalized spacial score (nSPS) is 16.2. The predicted molar refractivity (Wildman–Crippen MR) is 113 cm³/mol. The van der Waals surface area contributed by atoms with Gasteiger partial charge in [-0.1, -0.05) is 18.2 Å². The van der Waals surface area contributed by atoms with Gasteiger partial charge in [0.05, 0.1) is 18.8 Å². The Kier molecular flexibility index (Phi) is 6.25. The third-order valence-corrected chi connectivity index (χ3v) is 5.79. The molecule has 0 fully saturated rings. The zero-order valence-corrected chi connectivity index (χ0v) is 17.3. The molecule has 0 N–H and O–H groups in total. The zero-order chi connectivity index (χ0) is 20.9. The van der Waals surface area contributed by atoms with E-state index in [1.807, 2.05) is 41.6 Å². The Balaban J connectivity index is 1.38. The molecule has 0 spiro atoms. The van der Waals surface area contributed by atoms with Gasteiger partial charge in [-0.05, 0) is 42.8 Å². The maximum absolute atomic E-state index is 13.6. The molecule has 1 unspecified atom stereocenters. The lowest BCUT2D eigenvalue weighted by molar-refractivity contribution is -0.133. The molecule has 3 heterocycles. The van der Waals surface area contributed by atoms with Crippen molar-refractivity contribution in [2.45, 2.75) is 12.5 Å². The summed E-state index contributed by atoms with van der Waals surface area (Å²) in [7, 11) is 1.83. The van der Waals surface area contributed by atoms with Crippen molar-refractivity contribution in [2.75, 3.05) is 26.7 Å². The molecule has 1 aliphatic rings. The number of para-hydroxylation sites is 1. The summed E-state index contributed by atoms with van der Waals surface area (Å²) in [4.78, 5) is 15.9. The quantitative estimate of drug-likeness (QED) is 0.542. The minimum Gasteiger partial charge on any atom is -0.489 e. The third kappa shape index (κ3) is 4.60. The smallest absolute Gasteiger partial charge is 0.257 e. The Hall–Kier alpha value is -2.97. The van der Waals surface area contributed by atoms with Crippen molar-refractivity contribution in [3.8, 4) is 5.75 Å². The molecule has 0 aliphatic carbocycles. The fourth-order valence-electron chi connectivity index (χ4n) is 3.29. The van der Waals surface area contributed by atoms with Crippen molar-refractivity contribution in [2.24, 2.45) is 5.10 Å². The summed E-state index contributed by atoms with van der Waals surface area (Å²) < 4.78 is 24.6. The summed E-state index contributed by atoms with van der Waals surface area (Å²) >= 11 is 1.61. The van der Waals surface area contributed by atoms with E-state index in [0.29, 0.717) is 18.7 Å². The predicted octanol–water partition coefficient (Wildman–Crippen LogP) is 4.17. The molecule has 6 nitrogen and oxygen atoms in total. The number of hydrazone groups is 1. The van der Waals surface area contributed by atoms with Crippen molar-refractivity contribution in [3.05, 3.63) is 76.6 Å². The van der Waals surface area contributed by atoms with Crippen LogP contribution < -0.4 is 4.74 Å². The number of carbonyl (C=O) groups is 1. The summed E-state index contributed by atoms with van der Waals surface area (Å²) in [5.41, 5.74) is 0.761. The van der Waals surface area contributed by atoms with Crippen LogP contribution in [-0.2, 0) is 4.79 Å². The number of rotatable bonds is 8. The lowest BCUT2D eigenvalue weighted by atomic mass is 10.1. The van der Waals surface area contributed by atoms with Gasteiger partial charge in [0.2, 0.25) is 0 Å². The molecule has 4 rings (SSSR count). The van der Waals surface area contributed by atoms with Gasteiger partial charge in [-0.2, -0.15) is 5.10 Å². The van der Waals surface area contributed by atoms with Gasteiger partial charge < -0.3 is 9.15 Å². The summed E-state index contributed by atoms with van der Waals surface area (Å²) in [5.74, 6) is 0.385. The van der Waals surface area contributed by atoms with E-state index in [1.165, 1.54) is 6.07 Å². The molecule has 30 heavy (non-hydrogen) atoms. The first-order chi connectivity index (χ1) is 14.6. The average Bonchev–Trinajstić information content (AvgIpc) is 3.49. The van der Waals surface area contributed by atoms with Gasteiger partial charge in [-0.3, -0.25) is 9.69 Å². The van der Waals surface area contributed by atoms with E-state index < -0.39 is 5.82 Å². The van der Waals surface area contributed by atoms with Crippen LogP contribution in [0.4, 0.5) is 4.39 Å². The van der Waals surface area contributed by atoms with Gasteiger partial charge in [-0.15, -0.1) is 11.3 Å². The highest BCUT2D eigenvalue weighted by molar-refractivity contribution is 7.10. The van der Waals surface area contributed by atoms with E-state index in [1.54, 1.807) is 40.8 Å². The van der Waals surface area contributed by atoms with Crippen LogP contribution in [-0.4, -0.2) is 48.3 Å². The second-order valence-electron chi connectivity index (χ2n) is 7.01. The first-order valence-electron chi connectivity index (χ1n) is 9.64. The molecule has 0 radical (unpaired) electrons. The van der Waals surface area contributed by atoms with Crippen LogP contribution >= 0.6 is 11.3 Å². The fraction of sp³-hybridized carbons (Fsp3) is 0.273. The first-order valence-corrected chi connectivity index (χ1v) is 10.5. The van der Waals surface area contributed by atoms with Gasteiger partial charge in [0.1, 0.15) is 18.1 Å². The van der Waals surface area contributed by atoms with Crippen LogP contribution in [0.3, 0.4) is 0 Å². The van der Waals surface area contributed by atoms with Crippen LogP contribution in [0.1, 0.15) is 23.1 Å². The van der Waals surface area contributed by atoms with Crippen molar-refractivity contribution < 1.29 is 18.3 Å². The van der Waals surface area contributed by atoms with Crippen LogP contribution in [0.15, 0.2) is 69.7 Å². The van der Waals surface area contributed by atoms with E-state index in [0.717, 1.165) is 10.6 Å². The highest BCUT2D eigenvalue weighted by Crippen LogP contribution is 2.35. The SMILES string of the molecule is CN(CCOc1ccccc1F)CC(=O)N1N=C(c2ccco2)CC1c1cccs1. The first kappa shape index (κ1) is 20.3. The number of ether oxygens (including phenoxy) is 1. The third-order valence-electron chi connectivity index (χ3n) is 4.82. The van der Waals surface area contributed by atoms with Gasteiger partial charge in [0, 0.05) is 17.8 Å². The number of carbonyl (C=O) groups excluding carboxylic acids is 1. The summed E-state index contributed by atoms with van der Waals surface area (Å²) in [6.45, 7) is 0.934. The Morgan fingerprint density at radius 2 is 2.17 bits per heavy atom. The number of thiophene rings is 1. The van der Waals surface area contributed by atoms with Crippen LogP contribution in [0.25, 0.3) is 0 Å². The number of amides is 1. The molecule has 1 atom stereocenters. The van der Waals surface area contributed by atoms with E-state index >= 15 is 0 Å². The molecule has 0 saturated heterocycles. The number of furan rings is 1. The average molecular weight is 428 g/mol. The van der Waals surface area contributed by atoms with Crippen molar-refractivity contribution in [1.29, 1.82) is 0 Å². The number of nitrogens with zero attached hydrogens (tertiary/aromatic N) is 3. The topological polar surface area (TPSA) is 58.3 Å². The Bertz CT molecular complexity index is 1000. The molecular formula is C22H22FN3O3S. The Morgan fingerprint density at radius 1 is 1.30 bits per heavy atom. The lowest BCUT2D eigenvalue weighted by Gasteiger charge is -2.24.